The summed E-state index contributed by atoms with van der Waals surface area (Å²) in [6, 6.07) is 12.1. The zero-order valence-electron chi connectivity index (χ0n) is 15.5. The van der Waals surface area contributed by atoms with E-state index in [0.29, 0.717) is 24.3 Å². The van der Waals surface area contributed by atoms with Gasteiger partial charge in [-0.15, -0.1) is 0 Å². The highest BCUT2D eigenvalue weighted by Crippen LogP contribution is 2.46. The highest BCUT2D eigenvalue weighted by atomic mass is 32.2. The fourth-order valence-electron chi connectivity index (χ4n) is 4.82. The summed E-state index contributed by atoms with van der Waals surface area (Å²) in [6.45, 7) is 3.18. The minimum Gasteiger partial charge on any atom is -0.361 e. The molecule has 1 aromatic carbocycles. The molecule has 6 nitrogen and oxygen atoms in total. The highest BCUT2D eigenvalue weighted by Gasteiger charge is 2.50. The van der Waals surface area contributed by atoms with Crippen LogP contribution in [0.15, 0.2) is 40.9 Å². The van der Waals surface area contributed by atoms with Crippen LogP contribution >= 0.6 is 0 Å². The molecule has 0 N–H and O–H groups in total. The van der Waals surface area contributed by atoms with E-state index < -0.39 is 10.0 Å². The topological polar surface area (TPSA) is 66.7 Å². The van der Waals surface area contributed by atoms with Gasteiger partial charge in [-0.05, 0) is 30.2 Å². The normalized spacial score (nSPS) is 29.3. The lowest BCUT2D eigenvalue weighted by atomic mass is 9.90. The van der Waals surface area contributed by atoms with Crippen molar-refractivity contribution in [2.45, 2.75) is 31.3 Å². The van der Waals surface area contributed by atoms with Gasteiger partial charge in [-0.25, -0.2) is 8.42 Å². The molecule has 2 saturated heterocycles. The van der Waals surface area contributed by atoms with E-state index in [2.05, 4.69) is 16.1 Å². The smallest absolute Gasteiger partial charge is 0.211 e. The number of hydrogen-bond donors (Lipinski definition) is 0. The molecule has 3 fully saturated rings. The molecule has 1 aliphatic carbocycles. The fourth-order valence-corrected chi connectivity index (χ4v) is 5.98. The molecular weight excluding hydrogens is 362 g/mol. The van der Waals surface area contributed by atoms with Gasteiger partial charge in [-0.2, -0.15) is 4.31 Å². The molecule has 5 rings (SSSR count). The number of nitrogens with zero attached hydrogens (tertiary/aromatic N) is 3. The van der Waals surface area contributed by atoms with E-state index in [-0.39, 0.29) is 6.04 Å². The first-order valence-electron chi connectivity index (χ1n) is 9.68. The first kappa shape index (κ1) is 17.4. The standard InChI is InChI=1S/C20H25N3O3S/c1-27(24,25)23-11-16-10-22(12-17-9-19(26-21-17)14-7-8-14)13-18(16)20(23)15-5-3-2-4-6-15/h2-6,9,14,16,18,20H,7-8,10-13H2,1H3/t16-,18-,20+/m1/s1. The van der Waals surface area contributed by atoms with Gasteiger partial charge < -0.3 is 4.52 Å². The Labute approximate surface area is 160 Å². The van der Waals surface area contributed by atoms with E-state index in [0.717, 1.165) is 36.7 Å². The second kappa shape index (κ2) is 6.43. The second-order valence-corrected chi connectivity index (χ2v) is 10.2. The van der Waals surface area contributed by atoms with Crippen molar-refractivity contribution in [1.82, 2.24) is 14.4 Å². The van der Waals surface area contributed by atoms with Crippen LogP contribution in [0.4, 0.5) is 0 Å². The maximum atomic E-state index is 12.4. The average Bonchev–Trinajstić information content (AvgIpc) is 3.08. The van der Waals surface area contributed by atoms with Crippen molar-refractivity contribution < 1.29 is 12.9 Å². The molecule has 2 aliphatic heterocycles. The third-order valence-electron chi connectivity index (χ3n) is 6.21. The van der Waals surface area contributed by atoms with E-state index in [9.17, 15) is 8.42 Å². The molecule has 0 unspecified atom stereocenters. The number of aromatic nitrogens is 1. The lowest BCUT2D eigenvalue weighted by Crippen LogP contribution is -2.35. The van der Waals surface area contributed by atoms with Crippen LogP contribution in [-0.4, -0.2) is 48.7 Å². The van der Waals surface area contributed by atoms with Gasteiger partial charge in [-0.3, -0.25) is 4.90 Å². The maximum absolute atomic E-state index is 12.4. The number of fused-ring (bicyclic) bond motifs is 1. The Morgan fingerprint density at radius 2 is 1.93 bits per heavy atom. The van der Waals surface area contributed by atoms with Gasteiger partial charge in [0.15, 0.2) is 0 Å². The molecule has 7 heteroatoms. The monoisotopic (exact) mass is 387 g/mol. The SMILES string of the molecule is CS(=O)(=O)N1C[C@H]2CN(Cc3cc(C4CC4)on3)C[C@H]2[C@@H]1c1ccccc1. The third kappa shape index (κ3) is 3.32. The Bertz CT molecular complexity index is 923. The molecule has 3 aliphatic rings. The van der Waals surface area contributed by atoms with Crippen molar-refractivity contribution in [3.8, 4) is 0 Å². The minimum absolute atomic E-state index is 0.0736. The molecule has 27 heavy (non-hydrogen) atoms. The Balaban J connectivity index is 1.35. The molecule has 1 saturated carbocycles. The Morgan fingerprint density at radius 1 is 1.15 bits per heavy atom. The number of hydrogen-bond acceptors (Lipinski definition) is 5. The highest BCUT2D eigenvalue weighted by molar-refractivity contribution is 7.88. The summed E-state index contributed by atoms with van der Waals surface area (Å²) in [5.41, 5.74) is 2.09. The summed E-state index contributed by atoms with van der Waals surface area (Å²) in [5.74, 6) is 2.28. The summed E-state index contributed by atoms with van der Waals surface area (Å²) < 4.78 is 32.0. The van der Waals surface area contributed by atoms with Crippen molar-refractivity contribution in [2.75, 3.05) is 25.9 Å². The van der Waals surface area contributed by atoms with Gasteiger partial charge in [0.2, 0.25) is 10.0 Å². The second-order valence-electron chi connectivity index (χ2n) is 8.30. The van der Waals surface area contributed by atoms with Crippen molar-refractivity contribution in [2.24, 2.45) is 11.8 Å². The number of likely N-dealkylation sites (tertiary alicyclic amines) is 1. The molecule has 2 aromatic rings. The van der Waals surface area contributed by atoms with Crippen molar-refractivity contribution >= 4 is 10.0 Å². The summed E-state index contributed by atoms with van der Waals surface area (Å²) >= 11 is 0. The summed E-state index contributed by atoms with van der Waals surface area (Å²) in [4.78, 5) is 2.40. The van der Waals surface area contributed by atoms with Crippen LogP contribution in [0.1, 0.15) is 41.8 Å². The van der Waals surface area contributed by atoms with E-state index in [4.69, 9.17) is 4.52 Å². The van der Waals surface area contributed by atoms with Crippen LogP contribution in [0.5, 0.6) is 0 Å². The first-order valence-corrected chi connectivity index (χ1v) is 11.5. The van der Waals surface area contributed by atoms with Crippen molar-refractivity contribution in [3.05, 3.63) is 53.4 Å². The lowest BCUT2D eigenvalue weighted by molar-refractivity contribution is 0.254. The van der Waals surface area contributed by atoms with Gasteiger partial charge in [-0.1, -0.05) is 35.5 Å². The Morgan fingerprint density at radius 3 is 2.63 bits per heavy atom. The molecule has 1 aromatic heterocycles. The molecule has 0 amide bonds. The molecule has 0 spiro atoms. The van der Waals surface area contributed by atoms with E-state index in [1.165, 1.54) is 19.1 Å². The predicted molar refractivity (Wildman–Crippen MR) is 101 cm³/mol. The zero-order chi connectivity index (χ0) is 18.6. The molecular formula is C20H25N3O3S. The predicted octanol–water partition coefficient (Wildman–Crippen LogP) is 2.62. The molecule has 3 atom stereocenters. The molecule has 3 heterocycles. The lowest BCUT2D eigenvalue weighted by Gasteiger charge is -2.28. The van der Waals surface area contributed by atoms with Crippen LogP contribution in [0.25, 0.3) is 0 Å². The van der Waals surface area contributed by atoms with Crippen molar-refractivity contribution in [3.63, 3.8) is 0 Å². The summed E-state index contributed by atoms with van der Waals surface area (Å²) in [6.07, 6.45) is 3.75. The average molecular weight is 388 g/mol. The van der Waals surface area contributed by atoms with Gasteiger partial charge in [0, 0.05) is 38.2 Å². The quantitative estimate of drug-likeness (QED) is 0.789. The van der Waals surface area contributed by atoms with Gasteiger partial charge in [0.25, 0.3) is 0 Å². The minimum atomic E-state index is -3.23. The van der Waals surface area contributed by atoms with Crippen LogP contribution in [0, 0.1) is 11.8 Å². The van der Waals surface area contributed by atoms with Crippen LogP contribution in [-0.2, 0) is 16.6 Å². The largest absolute Gasteiger partial charge is 0.361 e. The van der Waals surface area contributed by atoms with Crippen LogP contribution < -0.4 is 0 Å². The van der Waals surface area contributed by atoms with Crippen molar-refractivity contribution in [1.29, 1.82) is 0 Å². The fraction of sp³-hybridized carbons (Fsp3) is 0.550. The van der Waals surface area contributed by atoms with E-state index in [1.807, 2.05) is 30.3 Å². The Hall–Kier alpha value is -1.70. The van der Waals surface area contributed by atoms with Gasteiger partial charge in [0.1, 0.15) is 5.76 Å². The summed E-state index contributed by atoms with van der Waals surface area (Å²) in [7, 11) is -3.23. The van der Waals surface area contributed by atoms with Crippen LogP contribution in [0.2, 0.25) is 0 Å². The third-order valence-corrected chi connectivity index (χ3v) is 7.44. The number of sulfonamides is 1. The molecule has 0 bridgehead atoms. The van der Waals surface area contributed by atoms with Gasteiger partial charge in [0.05, 0.1) is 18.0 Å². The van der Waals surface area contributed by atoms with Gasteiger partial charge >= 0.3 is 0 Å². The molecule has 0 radical (unpaired) electrons. The zero-order valence-corrected chi connectivity index (χ0v) is 16.3. The molecule has 144 valence electrons. The number of rotatable bonds is 5. The van der Waals surface area contributed by atoms with Crippen LogP contribution in [0.3, 0.4) is 0 Å². The maximum Gasteiger partial charge on any atom is 0.211 e. The van der Waals surface area contributed by atoms with E-state index in [1.54, 1.807) is 4.31 Å². The summed E-state index contributed by atoms with van der Waals surface area (Å²) in [5, 5.41) is 4.24. The number of benzene rings is 1. The first-order chi connectivity index (χ1) is 13.0. The Kier molecular flexibility index (Phi) is 4.14. The van der Waals surface area contributed by atoms with E-state index >= 15 is 0 Å².